The van der Waals surface area contributed by atoms with Crippen LogP contribution in [0.1, 0.15) is 18.9 Å². The van der Waals surface area contributed by atoms with E-state index in [0.29, 0.717) is 23.6 Å². The van der Waals surface area contributed by atoms with Crippen LogP contribution in [0.3, 0.4) is 0 Å². The standard InChI is InChI=1S/C20H20N2O5/c1-2-25-17-6-8-18(9-7-17)26-11-10-20(24)27-14-19(23)22-16-5-3-4-15(12-16)13-21/h3-9,12H,2,10-11,14H2,1H3,(H,22,23). The van der Waals surface area contributed by atoms with Crippen LogP contribution in [0.5, 0.6) is 11.5 Å². The minimum Gasteiger partial charge on any atom is -0.494 e. The Morgan fingerprint density at radius 3 is 2.44 bits per heavy atom. The summed E-state index contributed by atoms with van der Waals surface area (Å²) in [6, 6.07) is 15.5. The van der Waals surface area contributed by atoms with Gasteiger partial charge in [0.1, 0.15) is 11.5 Å². The third-order valence-electron chi connectivity index (χ3n) is 3.35. The van der Waals surface area contributed by atoms with Crippen molar-refractivity contribution in [2.45, 2.75) is 13.3 Å². The number of benzene rings is 2. The van der Waals surface area contributed by atoms with Gasteiger partial charge in [-0.2, -0.15) is 5.26 Å². The van der Waals surface area contributed by atoms with Crippen LogP contribution >= 0.6 is 0 Å². The Kier molecular flexibility index (Phi) is 7.67. The van der Waals surface area contributed by atoms with Crippen molar-refractivity contribution in [2.24, 2.45) is 0 Å². The van der Waals surface area contributed by atoms with Crippen LogP contribution in [0.15, 0.2) is 48.5 Å². The monoisotopic (exact) mass is 368 g/mol. The summed E-state index contributed by atoms with van der Waals surface area (Å²) in [5.41, 5.74) is 0.894. The average molecular weight is 368 g/mol. The molecule has 140 valence electrons. The van der Waals surface area contributed by atoms with Crippen LogP contribution in [0.2, 0.25) is 0 Å². The zero-order valence-electron chi connectivity index (χ0n) is 14.9. The molecule has 0 radical (unpaired) electrons. The molecule has 0 saturated heterocycles. The van der Waals surface area contributed by atoms with Crippen LogP contribution in [0.4, 0.5) is 5.69 Å². The number of anilines is 1. The van der Waals surface area contributed by atoms with Gasteiger partial charge in [0.15, 0.2) is 6.61 Å². The smallest absolute Gasteiger partial charge is 0.309 e. The molecule has 0 saturated carbocycles. The first-order chi connectivity index (χ1) is 13.1. The summed E-state index contributed by atoms with van der Waals surface area (Å²) in [5, 5.41) is 11.4. The van der Waals surface area contributed by atoms with Gasteiger partial charge in [-0.25, -0.2) is 0 Å². The molecular weight excluding hydrogens is 348 g/mol. The number of esters is 1. The number of rotatable bonds is 9. The minimum absolute atomic E-state index is 0.0183. The molecule has 0 heterocycles. The molecular formula is C20H20N2O5. The molecule has 0 aliphatic rings. The quantitative estimate of drug-likeness (QED) is 0.684. The van der Waals surface area contributed by atoms with Gasteiger partial charge in [-0.3, -0.25) is 9.59 Å². The van der Waals surface area contributed by atoms with Gasteiger partial charge in [0, 0.05) is 5.69 Å². The van der Waals surface area contributed by atoms with Crippen molar-refractivity contribution in [3.63, 3.8) is 0 Å². The van der Waals surface area contributed by atoms with Crippen LogP contribution in [0, 0.1) is 11.3 Å². The number of ether oxygens (including phenoxy) is 3. The average Bonchev–Trinajstić information content (AvgIpc) is 2.68. The molecule has 0 aliphatic carbocycles. The summed E-state index contributed by atoms with van der Waals surface area (Å²) >= 11 is 0. The molecule has 2 aromatic carbocycles. The molecule has 1 amide bonds. The van der Waals surface area contributed by atoms with Gasteiger partial charge in [0.2, 0.25) is 0 Å². The van der Waals surface area contributed by atoms with Crippen molar-refractivity contribution in [3.05, 3.63) is 54.1 Å². The van der Waals surface area contributed by atoms with E-state index in [0.717, 1.165) is 5.75 Å². The maximum absolute atomic E-state index is 11.8. The van der Waals surface area contributed by atoms with E-state index in [4.69, 9.17) is 19.5 Å². The fraction of sp³-hybridized carbons (Fsp3) is 0.250. The lowest BCUT2D eigenvalue weighted by Crippen LogP contribution is -2.21. The molecule has 0 aliphatic heterocycles. The van der Waals surface area contributed by atoms with Crippen LogP contribution in [0.25, 0.3) is 0 Å². The maximum atomic E-state index is 11.8. The first-order valence-electron chi connectivity index (χ1n) is 8.42. The lowest BCUT2D eigenvalue weighted by molar-refractivity contribution is -0.147. The van der Waals surface area contributed by atoms with Crippen molar-refractivity contribution in [1.82, 2.24) is 0 Å². The Labute approximate surface area is 157 Å². The summed E-state index contributed by atoms with van der Waals surface area (Å²) in [6.07, 6.45) is 0.0183. The minimum atomic E-state index is -0.540. The maximum Gasteiger partial charge on any atom is 0.309 e. The fourth-order valence-corrected chi connectivity index (χ4v) is 2.13. The summed E-state index contributed by atoms with van der Waals surface area (Å²) in [7, 11) is 0. The number of hydrogen-bond donors (Lipinski definition) is 1. The summed E-state index contributed by atoms with van der Waals surface area (Å²) in [4.78, 5) is 23.5. The summed E-state index contributed by atoms with van der Waals surface area (Å²) < 4.78 is 15.7. The second kappa shape index (κ2) is 10.5. The Morgan fingerprint density at radius 1 is 1.07 bits per heavy atom. The third kappa shape index (κ3) is 7.08. The molecule has 1 N–H and O–H groups in total. The summed E-state index contributed by atoms with van der Waals surface area (Å²) in [6.45, 7) is 2.22. The molecule has 2 aromatic rings. The van der Waals surface area contributed by atoms with E-state index in [1.54, 1.807) is 42.5 Å². The lowest BCUT2D eigenvalue weighted by Gasteiger charge is -2.08. The largest absolute Gasteiger partial charge is 0.494 e. The fourth-order valence-electron chi connectivity index (χ4n) is 2.13. The van der Waals surface area contributed by atoms with E-state index in [2.05, 4.69) is 5.32 Å². The van der Waals surface area contributed by atoms with E-state index in [-0.39, 0.29) is 13.0 Å². The topological polar surface area (TPSA) is 97.7 Å². The Hall–Kier alpha value is -3.53. The van der Waals surface area contributed by atoms with Crippen molar-refractivity contribution in [3.8, 4) is 17.6 Å². The number of nitrogens with one attached hydrogen (secondary N) is 1. The van der Waals surface area contributed by atoms with Crippen molar-refractivity contribution in [2.75, 3.05) is 25.1 Å². The van der Waals surface area contributed by atoms with E-state index >= 15 is 0 Å². The number of amides is 1. The van der Waals surface area contributed by atoms with Gasteiger partial charge in [-0.1, -0.05) is 6.07 Å². The van der Waals surface area contributed by atoms with Crippen molar-refractivity contribution < 1.29 is 23.8 Å². The number of nitriles is 1. The van der Waals surface area contributed by atoms with E-state index in [9.17, 15) is 9.59 Å². The van der Waals surface area contributed by atoms with E-state index < -0.39 is 18.5 Å². The molecule has 0 unspecified atom stereocenters. The van der Waals surface area contributed by atoms with Gasteiger partial charge in [-0.05, 0) is 49.4 Å². The molecule has 0 fully saturated rings. The van der Waals surface area contributed by atoms with Crippen molar-refractivity contribution >= 4 is 17.6 Å². The number of nitrogens with zero attached hydrogens (tertiary/aromatic N) is 1. The van der Waals surface area contributed by atoms with Crippen LogP contribution < -0.4 is 14.8 Å². The van der Waals surface area contributed by atoms with Crippen LogP contribution in [-0.4, -0.2) is 31.7 Å². The number of carbonyl (C=O) groups is 2. The highest BCUT2D eigenvalue weighted by Gasteiger charge is 2.09. The Morgan fingerprint density at radius 2 is 1.78 bits per heavy atom. The predicted molar refractivity (Wildman–Crippen MR) is 98.5 cm³/mol. The highest BCUT2D eigenvalue weighted by Crippen LogP contribution is 2.17. The Bertz CT molecular complexity index is 812. The normalized spacial score (nSPS) is 9.78. The number of carbonyl (C=O) groups excluding carboxylic acids is 2. The third-order valence-corrected chi connectivity index (χ3v) is 3.35. The molecule has 27 heavy (non-hydrogen) atoms. The van der Waals surface area contributed by atoms with Crippen molar-refractivity contribution in [1.29, 1.82) is 5.26 Å². The first kappa shape index (κ1) is 19.8. The molecule has 2 rings (SSSR count). The van der Waals surface area contributed by atoms with Gasteiger partial charge in [0.05, 0.1) is 31.3 Å². The van der Waals surface area contributed by atoms with Gasteiger partial charge in [-0.15, -0.1) is 0 Å². The highest BCUT2D eigenvalue weighted by atomic mass is 16.5. The predicted octanol–water partition coefficient (Wildman–Crippen LogP) is 2.91. The molecule has 7 heteroatoms. The van der Waals surface area contributed by atoms with E-state index in [1.807, 2.05) is 13.0 Å². The second-order valence-corrected chi connectivity index (χ2v) is 5.40. The van der Waals surface area contributed by atoms with Gasteiger partial charge < -0.3 is 19.5 Å². The first-order valence-corrected chi connectivity index (χ1v) is 8.42. The number of hydrogen-bond acceptors (Lipinski definition) is 6. The zero-order chi connectivity index (χ0) is 19.5. The molecule has 0 spiro atoms. The molecule has 0 bridgehead atoms. The Balaban J connectivity index is 1.66. The van der Waals surface area contributed by atoms with Crippen LogP contribution in [-0.2, 0) is 14.3 Å². The van der Waals surface area contributed by atoms with E-state index in [1.165, 1.54) is 6.07 Å². The second-order valence-electron chi connectivity index (χ2n) is 5.40. The lowest BCUT2D eigenvalue weighted by atomic mass is 10.2. The molecule has 7 nitrogen and oxygen atoms in total. The highest BCUT2D eigenvalue weighted by molar-refractivity contribution is 5.92. The summed E-state index contributed by atoms with van der Waals surface area (Å²) in [5.74, 6) is 0.338. The zero-order valence-corrected chi connectivity index (χ0v) is 14.9. The van der Waals surface area contributed by atoms with Gasteiger partial charge >= 0.3 is 5.97 Å². The SMILES string of the molecule is CCOc1ccc(OCCC(=O)OCC(=O)Nc2cccc(C#N)c2)cc1. The molecule has 0 atom stereocenters. The molecule has 0 aromatic heterocycles. The van der Waals surface area contributed by atoms with Gasteiger partial charge in [0.25, 0.3) is 5.91 Å².